The molecule has 2 N–H and O–H groups in total. The second-order valence-corrected chi connectivity index (χ2v) is 10.5. The van der Waals surface area contributed by atoms with E-state index in [1.54, 1.807) is 17.9 Å². The van der Waals surface area contributed by atoms with Crippen LogP contribution in [0.5, 0.6) is 0 Å². The van der Waals surface area contributed by atoms with Crippen LogP contribution in [-0.2, 0) is 19.1 Å². The third-order valence-corrected chi connectivity index (χ3v) is 8.61. The Morgan fingerprint density at radius 2 is 1.97 bits per heavy atom. The molecule has 0 aliphatic carbocycles. The van der Waals surface area contributed by atoms with Crippen molar-refractivity contribution in [1.29, 1.82) is 0 Å². The Morgan fingerprint density at radius 3 is 2.49 bits per heavy atom. The lowest BCUT2D eigenvalue weighted by molar-refractivity contribution is -0.157. The molecule has 3 aliphatic rings. The number of hydrogen-bond acceptors (Lipinski definition) is 5. The van der Waals surface area contributed by atoms with Gasteiger partial charge in [0.2, 0.25) is 5.91 Å². The maximum atomic E-state index is 14.5. The maximum absolute atomic E-state index is 14.5. The minimum Gasteiger partial charge on any atom is -0.481 e. The summed E-state index contributed by atoms with van der Waals surface area (Å²) in [5.74, 6) is -4.07. The third-order valence-electron chi connectivity index (χ3n) is 8.61. The average molecular weight is 485 g/mol. The van der Waals surface area contributed by atoms with Gasteiger partial charge in [-0.1, -0.05) is 38.1 Å². The zero-order chi connectivity index (χ0) is 25.9. The van der Waals surface area contributed by atoms with Gasteiger partial charge in [0.25, 0.3) is 5.91 Å². The number of carbonyl (C=O) groups is 3. The number of benzene rings is 1. The van der Waals surface area contributed by atoms with E-state index in [9.17, 15) is 24.6 Å². The van der Waals surface area contributed by atoms with Crippen LogP contribution in [0.4, 0.5) is 5.69 Å². The number of fused-ring (bicyclic) bond motifs is 1. The fourth-order valence-electron chi connectivity index (χ4n) is 6.94. The molecule has 3 heterocycles. The van der Waals surface area contributed by atoms with Crippen LogP contribution < -0.4 is 4.90 Å². The van der Waals surface area contributed by atoms with Crippen LogP contribution >= 0.6 is 0 Å². The SMILES string of the molecule is C=CCN(C(=O)C1N([C@@H](CC)CO)C(=O)[C@@H]2[C@@H](C(=O)O)[C@]3(C)OC12CC3C)c1c(C)cccc1C. The molecule has 3 unspecified atom stereocenters. The van der Waals surface area contributed by atoms with E-state index >= 15 is 0 Å². The van der Waals surface area contributed by atoms with E-state index in [1.807, 2.05) is 45.9 Å². The highest BCUT2D eigenvalue weighted by atomic mass is 16.5. The van der Waals surface area contributed by atoms with Crippen molar-refractivity contribution in [3.8, 4) is 0 Å². The Balaban J connectivity index is 1.92. The van der Waals surface area contributed by atoms with Gasteiger partial charge in [-0.15, -0.1) is 6.58 Å². The number of likely N-dealkylation sites (tertiary alicyclic amines) is 1. The summed E-state index contributed by atoms with van der Waals surface area (Å²) in [5.41, 5.74) is 0.214. The molecule has 0 aromatic heterocycles. The zero-order valence-electron chi connectivity index (χ0n) is 21.2. The Labute approximate surface area is 206 Å². The van der Waals surface area contributed by atoms with Crippen molar-refractivity contribution < 1.29 is 29.3 Å². The number of carboxylic acid groups (broad SMARTS) is 1. The first kappa shape index (κ1) is 25.4. The van der Waals surface area contributed by atoms with Crippen LogP contribution in [0.3, 0.4) is 0 Å². The average Bonchev–Trinajstić information content (AvgIpc) is 3.31. The number of anilines is 1. The van der Waals surface area contributed by atoms with E-state index in [2.05, 4.69) is 6.58 Å². The van der Waals surface area contributed by atoms with Gasteiger partial charge >= 0.3 is 5.97 Å². The summed E-state index contributed by atoms with van der Waals surface area (Å²) in [4.78, 5) is 44.0. The van der Waals surface area contributed by atoms with E-state index in [0.29, 0.717) is 12.8 Å². The molecule has 1 aromatic rings. The van der Waals surface area contributed by atoms with Gasteiger partial charge in [0.1, 0.15) is 17.6 Å². The molecule has 2 amide bonds. The molecule has 1 aromatic carbocycles. The van der Waals surface area contributed by atoms with Crippen molar-refractivity contribution in [2.75, 3.05) is 18.1 Å². The summed E-state index contributed by atoms with van der Waals surface area (Å²) in [7, 11) is 0. The van der Waals surface area contributed by atoms with E-state index in [4.69, 9.17) is 4.74 Å². The third kappa shape index (κ3) is 3.37. The van der Waals surface area contributed by atoms with E-state index in [-0.39, 0.29) is 25.0 Å². The molecular formula is C27H36N2O6. The van der Waals surface area contributed by atoms with Gasteiger partial charge in [-0.05, 0) is 50.7 Å². The topological polar surface area (TPSA) is 107 Å². The quantitative estimate of drug-likeness (QED) is 0.550. The van der Waals surface area contributed by atoms with Gasteiger partial charge in [0.15, 0.2) is 0 Å². The number of para-hydroxylation sites is 1. The minimum atomic E-state index is -1.27. The van der Waals surface area contributed by atoms with Gasteiger partial charge in [-0.3, -0.25) is 14.4 Å². The van der Waals surface area contributed by atoms with Crippen molar-refractivity contribution in [2.24, 2.45) is 17.8 Å². The fourth-order valence-corrected chi connectivity index (χ4v) is 6.94. The van der Waals surface area contributed by atoms with Crippen LogP contribution in [0.1, 0.15) is 44.7 Å². The molecule has 8 heteroatoms. The summed E-state index contributed by atoms with van der Waals surface area (Å²) in [6.07, 6.45) is 2.46. The Kier molecular flexibility index (Phi) is 6.34. The summed E-state index contributed by atoms with van der Waals surface area (Å²) in [6, 6.07) is 4.10. The van der Waals surface area contributed by atoms with Gasteiger partial charge in [-0.25, -0.2) is 0 Å². The molecule has 1 spiro atoms. The number of aryl methyl sites for hydroxylation is 2. The normalized spacial score (nSPS) is 34.1. The number of carboxylic acids is 1. The largest absolute Gasteiger partial charge is 0.481 e. The van der Waals surface area contributed by atoms with Crippen LogP contribution in [0.15, 0.2) is 30.9 Å². The smallest absolute Gasteiger partial charge is 0.310 e. The second kappa shape index (κ2) is 8.75. The van der Waals surface area contributed by atoms with Gasteiger partial charge < -0.3 is 24.7 Å². The standard InChI is InChI=1S/C27H36N2O6/c1-7-12-28(21-15(3)10-9-11-16(21)4)24(32)22-27-13-17(5)26(6,35-27)20(25(33)34)19(27)23(31)29(22)18(8-2)14-30/h7,9-11,17-20,22,30H,1,8,12-14H2,2-6H3,(H,33,34)/t17?,18-,19-,20-,22?,26+,27?/m0/s1. The molecule has 35 heavy (non-hydrogen) atoms. The number of carbonyl (C=O) groups excluding carboxylic acids is 2. The number of hydrogen-bond donors (Lipinski definition) is 2. The second-order valence-electron chi connectivity index (χ2n) is 10.5. The molecule has 3 saturated heterocycles. The lowest BCUT2D eigenvalue weighted by Gasteiger charge is -2.40. The highest BCUT2D eigenvalue weighted by Crippen LogP contribution is 2.65. The van der Waals surface area contributed by atoms with Crippen LogP contribution in [0.2, 0.25) is 0 Å². The fraction of sp³-hybridized carbons (Fsp3) is 0.593. The van der Waals surface area contributed by atoms with Crippen molar-refractivity contribution >= 4 is 23.5 Å². The summed E-state index contributed by atoms with van der Waals surface area (Å²) in [5, 5.41) is 20.3. The first-order valence-electron chi connectivity index (χ1n) is 12.3. The van der Waals surface area contributed by atoms with Crippen molar-refractivity contribution in [3.63, 3.8) is 0 Å². The highest BCUT2D eigenvalue weighted by Gasteiger charge is 2.80. The molecule has 3 fully saturated rings. The van der Waals surface area contributed by atoms with Crippen LogP contribution in [0, 0.1) is 31.6 Å². The number of amides is 2. The Hall–Kier alpha value is -2.71. The molecule has 3 aliphatic heterocycles. The molecule has 8 nitrogen and oxygen atoms in total. The highest BCUT2D eigenvalue weighted by molar-refractivity contribution is 6.05. The molecular weight excluding hydrogens is 448 g/mol. The lowest BCUT2D eigenvalue weighted by atomic mass is 9.62. The van der Waals surface area contributed by atoms with Gasteiger partial charge in [0, 0.05) is 12.2 Å². The minimum absolute atomic E-state index is 0.162. The summed E-state index contributed by atoms with van der Waals surface area (Å²) < 4.78 is 6.56. The number of ether oxygens (including phenoxy) is 1. The first-order valence-corrected chi connectivity index (χ1v) is 12.3. The van der Waals surface area contributed by atoms with Crippen LogP contribution in [-0.4, -0.2) is 69.3 Å². The predicted octanol–water partition coefficient (Wildman–Crippen LogP) is 2.69. The molecule has 0 radical (unpaired) electrons. The molecule has 190 valence electrons. The lowest BCUT2D eigenvalue weighted by Crippen LogP contribution is -2.59. The van der Waals surface area contributed by atoms with E-state index in [0.717, 1.165) is 16.8 Å². The Morgan fingerprint density at radius 1 is 1.34 bits per heavy atom. The predicted molar refractivity (Wildman–Crippen MR) is 131 cm³/mol. The van der Waals surface area contributed by atoms with E-state index in [1.165, 1.54) is 4.90 Å². The van der Waals surface area contributed by atoms with Crippen molar-refractivity contribution in [2.45, 2.75) is 70.7 Å². The molecule has 0 saturated carbocycles. The van der Waals surface area contributed by atoms with Crippen molar-refractivity contribution in [1.82, 2.24) is 4.90 Å². The number of rotatable bonds is 8. The maximum Gasteiger partial charge on any atom is 0.310 e. The summed E-state index contributed by atoms with van der Waals surface area (Å²) in [6.45, 7) is 13.1. The number of nitrogens with zero attached hydrogens (tertiary/aromatic N) is 2. The van der Waals surface area contributed by atoms with Gasteiger partial charge in [0.05, 0.1) is 24.2 Å². The first-order chi connectivity index (χ1) is 16.5. The van der Waals surface area contributed by atoms with E-state index < -0.39 is 47.0 Å². The molecule has 4 rings (SSSR count). The molecule has 2 bridgehead atoms. The number of aliphatic hydroxyl groups excluding tert-OH is 1. The monoisotopic (exact) mass is 484 g/mol. The zero-order valence-corrected chi connectivity index (χ0v) is 21.2. The Bertz CT molecular complexity index is 1050. The number of aliphatic hydroxyl groups is 1. The van der Waals surface area contributed by atoms with Crippen LogP contribution in [0.25, 0.3) is 0 Å². The van der Waals surface area contributed by atoms with Crippen molar-refractivity contribution in [3.05, 3.63) is 42.0 Å². The molecule has 7 atom stereocenters. The number of aliphatic carboxylic acids is 1. The summed E-state index contributed by atoms with van der Waals surface area (Å²) >= 11 is 0. The van der Waals surface area contributed by atoms with Gasteiger partial charge in [-0.2, -0.15) is 0 Å².